The largest absolute Gasteiger partial charge is 0.310 e. The molecule has 0 aliphatic carbocycles. The van der Waals surface area contributed by atoms with Gasteiger partial charge < -0.3 is 5.32 Å². The molecule has 0 saturated carbocycles. The summed E-state index contributed by atoms with van der Waals surface area (Å²) in [7, 11) is 0. The predicted molar refractivity (Wildman–Crippen MR) is 63.7 cm³/mol. The van der Waals surface area contributed by atoms with E-state index in [4.69, 9.17) is 0 Å². The molecule has 0 aromatic carbocycles. The van der Waals surface area contributed by atoms with Crippen molar-refractivity contribution in [2.24, 2.45) is 17.3 Å². The third kappa shape index (κ3) is 3.17. The lowest BCUT2D eigenvalue weighted by Crippen LogP contribution is -2.43. The summed E-state index contributed by atoms with van der Waals surface area (Å²) in [6.45, 7) is 11.6. The van der Waals surface area contributed by atoms with E-state index in [1.807, 2.05) is 0 Å². The first-order chi connectivity index (χ1) is 6.87. The lowest BCUT2D eigenvalue weighted by molar-refractivity contribution is 0.180. The van der Waals surface area contributed by atoms with Gasteiger partial charge in [0.1, 0.15) is 6.17 Å². The second-order valence-electron chi connectivity index (χ2n) is 5.98. The number of hydrogen-bond donors (Lipinski definition) is 1. The molecule has 1 nitrogen and oxygen atoms in total. The smallest absolute Gasteiger partial charge is 0.113 e. The Balaban J connectivity index is 2.80. The molecule has 4 unspecified atom stereocenters. The fourth-order valence-electron chi connectivity index (χ4n) is 2.94. The van der Waals surface area contributed by atoms with Crippen molar-refractivity contribution < 1.29 is 4.39 Å². The predicted octanol–water partition coefficient (Wildman–Crippen LogP) is 3.39. The summed E-state index contributed by atoms with van der Waals surface area (Å²) in [4.78, 5) is 0. The van der Waals surface area contributed by atoms with Gasteiger partial charge in [-0.1, -0.05) is 34.1 Å². The molecule has 1 aliphatic heterocycles. The molecule has 4 atom stereocenters. The van der Waals surface area contributed by atoms with Gasteiger partial charge in [0.25, 0.3) is 0 Å². The standard InChI is InChI=1S/C13H26FN/c1-6-11-7-13(4,5)8-15-12(9(11)2)10(3)14/h9-12,15H,6-8H2,1-5H3. The molecule has 1 fully saturated rings. The van der Waals surface area contributed by atoms with E-state index in [-0.39, 0.29) is 6.04 Å². The second kappa shape index (κ2) is 4.82. The lowest BCUT2D eigenvalue weighted by Gasteiger charge is -2.29. The molecule has 0 spiro atoms. The van der Waals surface area contributed by atoms with Crippen LogP contribution in [0.1, 0.15) is 47.5 Å². The minimum atomic E-state index is -0.747. The van der Waals surface area contributed by atoms with Crippen molar-refractivity contribution in [3.05, 3.63) is 0 Å². The molecule has 0 amide bonds. The Morgan fingerprint density at radius 3 is 2.53 bits per heavy atom. The van der Waals surface area contributed by atoms with E-state index in [1.165, 1.54) is 6.42 Å². The Morgan fingerprint density at radius 1 is 1.47 bits per heavy atom. The van der Waals surface area contributed by atoms with Crippen LogP contribution in [0.15, 0.2) is 0 Å². The van der Waals surface area contributed by atoms with Gasteiger partial charge in [-0.25, -0.2) is 4.39 Å². The lowest BCUT2D eigenvalue weighted by atomic mass is 9.76. The van der Waals surface area contributed by atoms with Crippen LogP contribution >= 0.6 is 0 Å². The van der Waals surface area contributed by atoms with Crippen LogP contribution in [0, 0.1) is 17.3 Å². The van der Waals surface area contributed by atoms with E-state index in [2.05, 4.69) is 33.0 Å². The molecule has 0 aromatic heterocycles. The fraction of sp³-hybridized carbons (Fsp3) is 1.00. The van der Waals surface area contributed by atoms with Crippen LogP contribution in [-0.4, -0.2) is 18.8 Å². The Morgan fingerprint density at radius 2 is 2.07 bits per heavy atom. The van der Waals surface area contributed by atoms with E-state index in [1.54, 1.807) is 6.92 Å². The van der Waals surface area contributed by atoms with E-state index < -0.39 is 6.17 Å². The van der Waals surface area contributed by atoms with Crippen LogP contribution in [0.3, 0.4) is 0 Å². The number of hydrogen-bond acceptors (Lipinski definition) is 1. The van der Waals surface area contributed by atoms with Gasteiger partial charge in [0.05, 0.1) is 0 Å². The molecule has 1 heterocycles. The van der Waals surface area contributed by atoms with Crippen LogP contribution in [0.5, 0.6) is 0 Å². The van der Waals surface area contributed by atoms with Crippen molar-refractivity contribution >= 4 is 0 Å². The van der Waals surface area contributed by atoms with Crippen LogP contribution in [-0.2, 0) is 0 Å². The Bertz CT molecular complexity index is 201. The summed E-state index contributed by atoms with van der Waals surface area (Å²) in [5.74, 6) is 1.09. The number of rotatable bonds is 2. The Kier molecular flexibility index (Phi) is 4.16. The SMILES string of the molecule is CCC1CC(C)(C)CNC(C(C)F)C1C. The highest BCUT2D eigenvalue weighted by Gasteiger charge is 2.36. The third-order valence-electron chi connectivity index (χ3n) is 3.96. The first-order valence-electron chi connectivity index (χ1n) is 6.25. The zero-order valence-corrected chi connectivity index (χ0v) is 10.8. The molecule has 0 radical (unpaired) electrons. The highest BCUT2D eigenvalue weighted by atomic mass is 19.1. The van der Waals surface area contributed by atoms with Crippen molar-refractivity contribution in [1.29, 1.82) is 0 Å². The number of alkyl halides is 1. The summed E-state index contributed by atoms with van der Waals surface area (Å²) in [6, 6.07) is 0.0386. The average Bonchev–Trinajstić information content (AvgIpc) is 2.23. The number of nitrogens with one attached hydrogen (secondary N) is 1. The second-order valence-corrected chi connectivity index (χ2v) is 5.98. The van der Waals surface area contributed by atoms with E-state index in [0.29, 0.717) is 17.3 Å². The highest BCUT2D eigenvalue weighted by molar-refractivity contribution is 4.91. The zero-order chi connectivity index (χ0) is 11.6. The normalized spacial score (nSPS) is 38.4. The summed E-state index contributed by atoms with van der Waals surface area (Å²) >= 11 is 0. The Labute approximate surface area is 93.8 Å². The molecule has 2 heteroatoms. The maximum absolute atomic E-state index is 13.5. The molecule has 1 rings (SSSR count). The maximum atomic E-state index is 13.5. The van der Waals surface area contributed by atoms with Gasteiger partial charge >= 0.3 is 0 Å². The fourth-order valence-corrected chi connectivity index (χ4v) is 2.94. The molecule has 90 valence electrons. The van der Waals surface area contributed by atoms with Gasteiger partial charge in [-0.15, -0.1) is 0 Å². The summed E-state index contributed by atoms with van der Waals surface area (Å²) in [5.41, 5.74) is 0.304. The minimum Gasteiger partial charge on any atom is -0.310 e. The maximum Gasteiger partial charge on any atom is 0.113 e. The molecule has 15 heavy (non-hydrogen) atoms. The summed E-state index contributed by atoms with van der Waals surface area (Å²) in [6.07, 6.45) is 1.62. The van der Waals surface area contributed by atoms with Crippen molar-refractivity contribution in [2.75, 3.05) is 6.54 Å². The number of halogens is 1. The van der Waals surface area contributed by atoms with Crippen molar-refractivity contribution in [3.8, 4) is 0 Å². The van der Waals surface area contributed by atoms with Gasteiger partial charge in [-0.05, 0) is 30.6 Å². The van der Waals surface area contributed by atoms with Crippen molar-refractivity contribution in [1.82, 2.24) is 5.32 Å². The molecular formula is C13H26FN. The first kappa shape index (κ1) is 13.0. The van der Waals surface area contributed by atoms with Gasteiger partial charge in [0.2, 0.25) is 0 Å². The Hall–Kier alpha value is -0.110. The van der Waals surface area contributed by atoms with E-state index in [9.17, 15) is 4.39 Å². The van der Waals surface area contributed by atoms with E-state index in [0.717, 1.165) is 13.0 Å². The van der Waals surface area contributed by atoms with Gasteiger partial charge in [-0.2, -0.15) is 0 Å². The zero-order valence-electron chi connectivity index (χ0n) is 10.8. The van der Waals surface area contributed by atoms with Crippen molar-refractivity contribution in [2.45, 2.75) is 59.7 Å². The molecule has 1 saturated heterocycles. The quantitative estimate of drug-likeness (QED) is 0.744. The third-order valence-corrected chi connectivity index (χ3v) is 3.96. The van der Waals surface area contributed by atoms with Crippen LogP contribution < -0.4 is 5.32 Å². The molecule has 1 aliphatic rings. The monoisotopic (exact) mass is 215 g/mol. The molecule has 0 aromatic rings. The molecule has 1 N–H and O–H groups in total. The van der Waals surface area contributed by atoms with Crippen LogP contribution in [0.2, 0.25) is 0 Å². The topological polar surface area (TPSA) is 12.0 Å². The van der Waals surface area contributed by atoms with Gasteiger partial charge in [-0.3, -0.25) is 0 Å². The van der Waals surface area contributed by atoms with Gasteiger partial charge in [0, 0.05) is 12.6 Å². The summed E-state index contributed by atoms with van der Waals surface area (Å²) < 4.78 is 13.5. The van der Waals surface area contributed by atoms with Crippen LogP contribution in [0.4, 0.5) is 4.39 Å². The molecular weight excluding hydrogens is 189 g/mol. The molecule has 0 bridgehead atoms. The average molecular weight is 215 g/mol. The van der Waals surface area contributed by atoms with Crippen molar-refractivity contribution in [3.63, 3.8) is 0 Å². The van der Waals surface area contributed by atoms with Crippen LogP contribution in [0.25, 0.3) is 0 Å². The van der Waals surface area contributed by atoms with E-state index >= 15 is 0 Å². The van der Waals surface area contributed by atoms with Gasteiger partial charge in [0.15, 0.2) is 0 Å². The summed E-state index contributed by atoms with van der Waals surface area (Å²) in [5, 5.41) is 3.41. The first-order valence-corrected chi connectivity index (χ1v) is 6.25. The highest BCUT2D eigenvalue weighted by Crippen LogP contribution is 2.36. The minimum absolute atomic E-state index is 0.0386.